The Kier molecular flexibility index (Phi) is 6.06. The summed E-state index contributed by atoms with van der Waals surface area (Å²) in [5.74, 6) is 0.101. The Labute approximate surface area is 180 Å². The third-order valence-corrected chi connectivity index (χ3v) is 5.97. The zero-order valence-electron chi connectivity index (χ0n) is 20.0. The van der Waals surface area contributed by atoms with Crippen LogP contribution in [0.25, 0.3) is 0 Å². The Bertz CT molecular complexity index is 902. The Morgan fingerprint density at radius 3 is 1.33 bits per heavy atom. The molecule has 4 heteroatoms. The molecule has 0 heterocycles. The highest BCUT2D eigenvalue weighted by molar-refractivity contribution is 5.88. The average molecular weight is 413 g/mol. The molecular formula is C26H36O4. The fourth-order valence-electron chi connectivity index (χ4n) is 3.89. The summed E-state index contributed by atoms with van der Waals surface area (Å²) in [6.07, 6.45) is 0. The number of aromatic hydroxyl groups is 2. The number of esters is 1. The smallest absolute Gasteiger partial charge is 0.320 e. The first-order chi connectivity index (χ1) is 13.5. The molecule has 0 bridgehead atoms. The Hall–Kier alpha value is -2.49. The molecular weight excluding hydrogens is 376 g/mol. The summed E-state index contributed by atoms with van der Waals surface area (Å²) in [5.41, 5.74) is 2.76. The van der Waals surface area contributed by atoms with Crippen molar-refractivity contribution in [3.8, 4) is 11.5 Å². The molecule has 2 aromatic rings. The van der Waals surface area contributed by atoms with E-state index in [1.54, 1.807) is 0 Å². The van der Waals surface area contributed by atoms with Gasteiger partial charge in [0.05, 0.1) is 7.11 Å². The SMILES string of the molecule is COC(=O)C(C)(c1cc(C)c(O)c(C(C)(C)C)c1)c1cc(C)c(O)c(C(C)(C)C)c1. The minimum Gasteiger partial charge on any atom is -0.507 e. The molecule has 0 aliphatic rings. The first-order valence-electron chi connectivity index (χ1n) is 10.3. The summed E-state index contributed by atoms with van der Waals surface area (Å²) in [4.78, 5) is 13.2. The van der Waals surface area contributed by atoms with E-state index < -0.39 is 11.4 Å². The molecule has 0 radical (unpaired) electrons. The number of hydrogen-bond acceptors (Lipinski definition) is 4. The van der Waals surface area contributed by atoms with Crippen LogP contribution in [0.15, 0.2) is 24.3 Å². The number of ether oxygens (including phenoxy) is 1. The zero-order valence-corrected chi connectivity index (χ0v) is 20.0. The number of rotatable bonds is 3. The van der Waals surface area contributed by atoms with E-state index in [0.29, 0.717) is 11.1 Å². The van der Waals surface area contributed by atoms with E-state index in [1.165, 1.54) is 7.11 Å². The molecule has 0 saturated heterocycles. The van der Waals surface area contributed by atoms with Gasteiger partial charge in [0, 0.05) is 0 Å². The van der Waals surface area contributed by atoms with Gasteiger partial charge in [-0.2, -0.15) is 0 Å². The van der Waals surface area contributed by atoms with Crippen LogP contribution in [0, 0.1) is 13.8 Å². The van der Waals surface area contributed by atoms with E-state index in [-0.39, 0.29) is 22.3 Å². The molecule has 0 atom stereocenters. The monoisotopic (exact) mass is 412 g/mol. The van der Waals surface area contributed by atoms with Crippen molar-refractivity contribution in [1.29, 1.82) is 0 Å². The van der Waals surface area contributed by atoms with Crippen LogP contribution in [-0.4, -0.2) is 23.3 Å². The first kappa shape index (κ1) is 23.8. The normalized spacial score (nSPS) is 12.7. The van der Waals surface area contributed by atoms with Crippen LogP contribution in [0.1, 0.15) is 81.8 Å². The molecule has 0 spiro atoms. The van der Waals surface area contributed by atoms with Gasteiger partial charge >= 0.3 is 5.97 Å². The number of phenolic OH excluding ortho intramolecular Hbond substituents is 2. The summed E-state index contributed by atoms with van der Waals surface area (Å²) in [6, 6.07) is 7.50. The molecule has 0 unspecified atom stereocenters. The third kappa shape index (κ3) is 4.05. The lowest BCUT2D eigenvalue weighted by Crippen LogP contribution is -2.36. The Morgan fingerprint density at radius 2 is 1.07 bits per heavy atom. The van der Waals surface area contributed by atoms with Crippen LogP contribution >= 0.6 is 0 Å². The fraction of sp³-hybridized carbons (Fsp3) is 0.500. The maximum atomic E-state index is 13.2. The summed E-state index contributed by atoms with van der Waals surface area (Å²) >= 11 is 0. The van der Waals surface area contributed by atoms with Gasteiger partial charge in [0.15, 0.2) is 0 Å². The molecule has 164 valence electrons. The minimum absolute atomic E-state index is 0.246. The minimum atomic E-state index is -1.11. The predicted molar refractivity (Wildman–Crippen MR) is 122 cm³/mol. The van der Waals surface area contributed by atoms with Crippen molar-refractivity contribution in [2.75, 3.05) is 7.11 Å². The largest absolute Gasteiger partial charge is 0.507 e. The van der Waals surface area contributed by atoms with Crippen molar-refractivity contribution in [2.24, 2.45) is 0 Å². The van der Waals surface area contributed by atoms with Gasteiger partial charge in [0.2, 0.25) is 0 Å². The molecule has 2 rings (SSSR count). The maximum absolute atomic E-state index is 13.2. The zero-order chi connectivity index (χ0) is 23.2. The number of benzene rings is 2. The number of phenols is 2. The summed E-state index contributed by atoms with van der Waals surface area (Å²) < 4.78 is 5.25. The second-order valence-corrected chi connectivity index (χ2v) is 10.5. The lowest BCUT2D eigenvalue weighted by atomic mass is 9.71. The highest BCUT2D eigenvalue weighted by atomic mass is 16.5. The van der Waals surface area contributed by atoms with E-state index >= 15 is 0 Å². The molecule has 0 aliphatic carbocycles. The Balaban J connectivity index is 2.93. The van der Waals surface area contributed by atoms with Crippen LogP contribution in [0.2, 0.25) is 0 Å². The van der Waals surface area contributed by atoms with Crippen molar-refractivity contribution in [1.82, 2.24) is 0 Å². The van der Waals surface area contributed by atoms with E-state index in [0.717, 1.165) is 22.3 Å². The molecule has 0 saturated carbocycles. The Morgan fingerprint density at radius 1 is 0.733 bits per heavy atom. The van der Waals surface area contributed by atoms with E-state index in [9.17, 15) is 15.0 Å². The summed E-state index contributed by atoms with van der Waals surface area (Å²) in [6.45, 7) is 17.7. The lowest BCUT2D eigenvalue weighted by Gasteiger charge is -2.33. The van der Waals surface area contributed by atoms with E-state index in [4.69, 9.17) is 4.74 Å². The summed E-state index contributed by atoms with van der Waals surface area (Å²) in [5, 5.41) is 21.3. The second-order valence-electron chi connectivity index (χ2n) is 10.5. The number of aryl methyl sites for hydroxylation is 2. The molecule has 0 amide bonds. The second kappa shape index (κ2) is 7.64. The van der Waals surface area contributed by atoms with Gasteiger partial charge in [-0.05, 0) is 65.0 Å². The molecule has 2 N–H and O–H groups in total. The molecule has 0 aromatic heterocycles. The fourth-order valence-corrected chi connectivity index (χ4v) is 3.89. The third-order valence-electron chi connectivity index (χ3n) is 5.97. The molecule has 0 fully saturated rings. The topological polar surface area (TPSA) is 66.8 Å². The predicted octanol–water partition coefficient (Wildman–Crippen LogP) is 5.79. The number of carbonyl (C=O) groups is 1. The van der Waals surface area contributed by atoms with Crippen LogP contribution in [-0.2, 0) is 25.8 Å². The van der Waals surface area contributed by atoms with Crippen molar-refractivity contribution in [3.05, 3.63) is 57.6 Å². The van der Waals surface area contributed by atoms with Gasteiger partial charge < -0.3 is 14.9 Å². The number of methoxy groups -OCH3 is 1. The quantitative estimate of drug-likeness (QED) is 0.626. The van der Waals surface area contributed by atoms with Gasteiger partial charge in [0.25, 0.3) is 0 Å². The van der Waals surface area contributed by atoms with Gasteiger partial charge in [-0.3, -0.25) is 4.79 Å². The van der Waals surface area contributed by atoms with Gasteiger partial charge in [-0.25, -0.2) is 0 Å². The molecule has 4 nitrogen and oxygen atoms in total. The van der Waals surface area contributed by atoms with Crippen molar-refractivity contribution in [3.63, 3.8) is 0 Å². The van der Waals surface area contributed by atoms with Crippen LogP contribution in [0.5, 0.6) is 11.5 Å². The van der Waals surface area contributed by atoms with Crippen molar-refractivity contribution >= 4 is 5.97 Å². The van der Waals surface area contributed by atoms with E-state index in [1.807, 2.05) is 86.6 Å². The molecule has 30 heavy (non-hydrogen) atoms. The van der Waals surface area contributed by atoms with Crippen LogP contribution in [0.4, 0.5) is 0 Å². The van der Waals surface area contributed by atoms with Gasteiger partial charge in [0.1, 0.15) is 16.9 Å². The van der Waals surface area contributed by atoms with Gasteiger partial charge in [-0.15, -0.1) is 0 Å². The lowest BCUT2D eigenvalue weighted by molar-refractivity contribution is -0.145. The maximum Gasteiger partial charge on any atom is 0.320 e. The molecule has 0 aliphatic heterocycles. The average Bonchev–Trinajstić information content (AvgIpc) is 2.62. The standard InChI is InChI=1S/C26H36O4/c1-15-11-17(13-19(21(15)27)24(3,4)5)26(9,23(29)30-10)18-12-16(2)22(28)20(14-18)25(6,7)8/h11-14,27-28H,1-10H3. The summed E-state index contributed by atoms with van der Waals surface area (Å²) in [7, 11) is 1.39. The van der Waals surface area contributed by atoms with Gasteiger partial charge in [-0.1, -0.05) is 65.8 Å². The van der Waals surface area contributed by atoms with Crippen LogP contribution in [0.3, 0.4) is 0 Å². The highest BCUT2D eigenvalue weighted by Crippen LogP contribution is 2.43. The van der Waals surface area contributed by atoms with E-state index in [2.05, 4.69) is 0 Å². The number of hydrogen-bond donors (Lipinski definition) is 2. The highest BCUT2D eigenvalue weighted by Gasteiger charge is 2.41. The molecule has 2 aromatic carbocycles. The van der Waals surface area contributed by atoms with Crippen molar-refractivity contribution < 1.29 is 19.7 Å². The number of carbonyl (C=O) groups excluding carboxylic acids is 1. The van der Waals surface area contributed by atoms with Crippen LogP contribution < -0.4 is 0 Å². The van der Waals surface area contributed by atoms with Crippen molar-refractivity contribution in [2.45, 2.75) is 78.6 Å². The first-order valence-corrected chi connectivity index (χ1v) is 10.3.